The second-order valence-electron chi connectivity index (χ2n) is 6.80. The highest BCUT2D eigenvalue weighted by Gasteiger charge is 2.31. The Labute approximate surface area is 160 Å². The van der Waals surface area contributed by atoms with Crippen LogP contribution in [0.5, 0.6) is 5.75 Å². The van der Waals surface area contributed by atoms with E-state index in [0.29, 0.717) is 23.2 Å². The highest BCUT2D eigenvalue weighted by atomic mass is 35.5. The predicted octanol–water partition coefficient (Wildman–Crippen LogP) is 3.20. The number of halogens is 1. The van der Waals surface area contributed by atoms with E-state index in [1.165, 1.54) is 32.4 Å². The van der Waals surface area contributed by atoms with Crippen molar-refractivity contribution in [2.45, 2.75) is 45.1 Å². The largest absolute Gasteiger partial charge is 0.495 e. The molecule has 1 aliphatic carbocycles. The summed E-state index contributed by atoms with van der Waals surface area (Å²) in [4.78, 5) is 12.6. The van der Waals surface area contributed by atoms with Crippen molar-refractivity contribution in [3.8, 4) is 5.75 Å². The van der Waals surface area contributed by atoms with Crippen LogP contribution in [0.3, 0.4) is 0 Å². The molecule has 1 unspecified atom stereocenters. The summed E-state index contributed by atoms with van der Waals surface area (Å²) in [5.74, 6) is 0.474. The number of benzene rings is 1. The molecule has 1 N–H and O–H groups in total. The zero-order valence-corrected chi connectivity index (χ0v) is 17.1. The Kier molecular flexibility index (Phi) is 7.17. The first-order chi connectivity index (χ1) is 12.2. The zero-order chi connectivity index (χ0) is 19.3. The minimum atomic E-state index is -3.72. The second kappa shape index (κ2) is 8.95. The first kappa shape index (κ1) is 20.8. The van der Waals surface area contributed by atoms with E-state index in [1.54, 1.807) is 19.1 Å². The first-order valence-corrected chi connectivity index (χ1v) is 11.1. The Morgan fingerprint density at radius 2 is 2.00 bits per heavy atom. The maximum absolute atomic E-state index is 12.6. The molecule has 2 rings (SSSR count). The van der Waals surface area contributed by atoms with Crippen LogP contribution in [-0.4, -0.2) is 40.3 Å². The molecule has 0 aromatic heterocycles. The maximum Gasteiger partial charge on any atom is 0.243 e. The van der Waals surface area contributed by atoms with Gasteiger partial charge >= 0.3 is 0 Å². The van der Waals surface area contributed by atoms with Crippen LogP contribution in [-0.2, 0) is 14.8 Å². The van der Waals surface area contributed by atoms with Crippen LogP contribution >= 0.6 is 11.6 Å². The number of hydrogen-bond donors (Lipinski definition) is 1. The van der Waals surface area contributed by atoms with Crippen LogP contribution in [0.1, 0.15) is 39.0 Å². The predicted molar refractivity (Wildman–Crippen MR) is 104 cm³/mol. The molecule has 0 saturated heterocycles. The lowest BCUT2D eigenvalue weighted by Crippen LogP contribution is -2.49. The number of nitrogens with zero attached hydrogens (tertiary/aromatic N) is 1. The van der Waals surface area contributed by atoms with Gasteiger partial charge in [0.25, 0.3) is 0 Å². The fourth-order valence-corrected chi connectivity index (χ4v) is 4.74. The number of amides is 1. The summed E-state index contributed by atoms with van der Waals surface area (Å²) in [6.45, 7) is 2.14. The number of carbonyl (C=O) groups excluding carboxylic acids is 1. The van der Waals surface area contributed by atoms with Gasteiger partial charge in [-0.15, -0.1) is 0 Å². The van der Waals surface area contributed by atoms with E-state index < -0.39 is 16.1 Å². The molecule has 0 bridgehead atoms. The minimum absolute atomic E-state index is 0.253. The molecule has 8 heteroatoms. The molecule has 0 spiro atoms. The van der Waals surface area contributed by atoms with E-state index >= 15 is 0 Å². The number of carbonyl (C=O) groups is 1. The molecule has 0 radical (unpaired) electrons. The fourth-order valence-electron chi connectivity index (χ4n) is 3.40. The Morgan fingerprint density at radius 1 is 1.35 bits per heavy atom. The van der Waals surface area contributed by atoms with E-state index in [2.05, 4.69) is 5.32 Å². The molecule has 6 nitrogen and oxygen atoms in total. The molecule has 0 heterocycles. The van der Waals surface area contributed by atoms with Gasteiger partial charge in [0, 0.05) is 11.6 Å². The topological polar surface area (TPSA) is 75.7 Å². The average molecular weight is 403 g/mol. The number of ether oxygens (including phenoxy) is 1. The van der Waals surface area contributed by atoms with Gasteiger partial charge in [0.2, 0.25) is 15.9 Å². The standard InChI is InChI=1S/C18H27ClN2O4S/c1-13(18(22)20-12-14-7-5-4-6-8-14)21(26(3,23)24)16-11-15(19)9-10-17(16)25-2/h9-11,13-14H,4-8,12H2,1-3H3,(H,20,22). The van der Waals surface area contributed by atoms with Crippen LogP contribution in [0.25, 0.3) is 0 Å². The summed E-state index contributed by atoms with van der Waals surface area (Å²) < 4.78 is 31.1. The number of nitrogens with one attached hydrogen (secondary N) is 1. The average Bonchev–Trinajstić information content (AvgIpc) is 2.59. The summed E-state index contributed by atoms with van der Waals surface area (Å²) in [7, 11) is -2.28. The Morgan fingerprint density at radius 3 is 2.58 bits per heavy atom. The monoisotopic (exact) mass is 402 g/mol. The summed E-state index contributed by atoms with van der Waals surface area (Å²) in [5, 5.41) is 3.27. The molecule has 26 heavy (non-hydrogen) atoms. The summed E-state index contributed by atoms with van der Waals surface area (Å²) in [6, 6.07) is 3.77. The minimum Gasteiger partial charge on any atom is -0.495 e. The Hall–Kier alpha value is -1.47. The maximum atomic E-state index is 12.6. The summed E-state index contributed by atoms with van der Waals surface area (Å²) in [6.07, 6.45) is 6.89. The highest BCUT2D eigenvalue weighted by molar-refractivity contribution is 7.92. The van der Waals surface area contributed by atoms with Crippen LogP contribution < -0.4 is 14.4 Å². The molecular formula is C18H27ClN2O4S. The van der Waals surface area contributed by atoms with Crippen molar-refractivity contribution in [1.29, 1.82) is 0 Å². The Bertz CT molecular complexity index is 733. The Balaban J connectivity index is 2.21. The quantitative estimate of drug-likeness (QED) is 0.759. The van der Waals surface area contributed by atoms with Gasteiger partial charge in [-0.1, -0.05) is 30.9 Å². The number of anilines is 1. The highest BCUT2D eigenvalue weighted by Crippen LogP contribution is 2.34. The van der Waals surface area contributed by atoms with Gasteiger partial charge in [-0.25, -0.2) is 8.42 Å². The van der Waals surface area contributed by atoms with Gasteiger partial charge in [-0.2, -0.15) is 0 Å². The molecule has 1 amide bonds. The van der Waals surface area contributed by atoms with Gasteiger partial charge in [0.05, 0.1) is 19.1 Å². The third-order valence-electron chi connectivity index (χ3n) is 4.76. The normalized spacial score (nSPS) is 16.8. The van der Waals surface area contributed by atoms with Gasteiger partial charge in [-0.3, -0.25) is 9.10 Å². The van der Waals surface area contributed by atoms with Gasteiger partial charge in [0.15, 0.2) is 0 Å². The molecule has 1 atom stereocenters. The van der Waals surface area contributed by atoms with E-state index in [-0.39, 0.29) is 11.6 Å². The van der Waals surface area contributed by atoms with Crippen LogP contribution in [0.15, 0.2) is 18.2 Å². The fraction of sp³-hybridized carbons (Fsp3) is 0.611. The van der Waals surface area contributed by atoms with E-state index in [0.717, 1.165) is 23.4 Å². The van der Waals surface area contributed by atoms with Gasteiger partial charge < -0.3 is 10.1 Å². The lowest BCUT2D eigenvalue weighted by atomic mass is 9.89. The van der Waals surface area contributed by atoms with Crippen molar-refractivity contribution in [3.05, 3.63) is 23.2 Å². The molecular weight excluding hydrogens is 376 g/mol. The van der Waals surface area contributed by atoms with Crippen molar-refractivity contribution in [3.63, 3.8) is 0 Å². The number of sulfonamides is 1. The molecule has 1 aromatic carbocycles. The van der Waals surface area contributed by atoms with E-state index in [1.807, 2.05) is 0 Å². The van der Waals surface area contributed by atoms with Gasteiger partial charge in [0.1, 0.15) is 11.8 Å². The molecule has 0 aliphatic heterocycles. The van der Waals surface area contributed by atoms with Crippen LogP contribution in [0, 0.1) is 5.92 Å². The molecule has 1 saturated carbocycles. The number of hydrogen-bond acceptors (Lipinski definition) is 4. The van der Waals surface area contributed by atoms with Crippen molar-refractivity contribution in [2.75, 3.05) is 24.2 Å². The second-order valence-corrected chi connectivity index (χ2v) is 9.10. The molecule has 146 valence electrons. The molecule has 1 aromatic rings. The zero-order valence-electron chi connectivity index (χ0n) is 15.5. The van der Waals surface area contributed by atoms with E-state index in [9.17, 15) is 13.2 Å². The van der Waals surface area contributed by atoms with Crippen molar-refractivity contribution < 1.29 is 17.9 Å². The number of rotatable bonds is 7. The number of methoxy groups -OCH3 is 1. The molecule has 1 aliphatic rings. The lowest BCUT2D eigenvalue weighted by Gasteiger charge is -2.30. The van der Waals surface area contributed by atoms with Crippen LogP contribution in [0.4, 0.5) is 5.69 Å². The summed E-state index contributed by atoms with van der Waals surface area (Å²) >= 11 is 6.04. The third kappa shape index (κ3) is 5.27. The SMILES string of the molecule is COc1ccc(Cl)cc1N(C(C)C(=O)NCC1CCCCC1)S(C)(=O)=O. The summed E-state index contributed by atoms with van der Waals surface area (Å²) in [5.41, 5.74) is 0.253. The van der Waals surface area contributed by atoms with E-state index in [4.69, 9.17) is 16.3 Å². The smallest absolute Gasteiger partial charge is 0.243 e. The van der Waals surface area contributed by atoms with Gasteiger partial charge in [-0.05, 0) is 43.9 Å². The van der Waals surface area contributed by atoms with Crippen molar-refractivity contribution in [1.82, 2.24) is 5.32 Å². The first-order valence-electron chi connectivity index (χ1n) is 8.84. The lowest BCUT2D eigenvalue weighted by molar-refractivity contribution is -0.122. The van der Waals surface area contributed by atoms with Crippen LogP contribution in [0.2, 0.25) is 5.02 Å². The third-order valence-corrected chi connectivity index (χ3v) is 6.22. The van der Waals surface area contributed by atoms with Crippen molar-refractivity contribution in [2.24, 2.45) is 5.92 Å². The molecule has 1 fully saturated rings. The van der Waals surface area contributed by atoms with Crippen molar-refractivity contribution >= 4 is 33.2 Å².